The van der Waals surface area contributed by atoms with Gasteiger partial charge >= 0.3 is 0 Å². The Labute approximate surface area is 102 Å². The molecule has 0 aliphatic rings. The Kier molecular flexibility index (Phi) is 2.20. The molecule has 0 aliphatic carbocycles. The Hall–Kier alpha value is -1.38. The highest BCUT2D eigenvalue weighted by Gasteiger charge is 2.05. The van der Waals surface area contributed by atoms with Crippen molar-refractivity contribution in [1.82, 2.24) is 9.97 Å². The zero-order valence-electron chi connectivity index (χ0n) is 8.11. The summed E-state index contributed by atoms with van der Waals surface area (Å²) in [5, 5.41) is 3.87. The monoisotopic (exact) mass is 248 g/mol. The molecule has 0 unspecified atom stereocenters. The molecule has 16 heavy (non-hydrogen) atoms. The highest BCUT2D eigenvalue weighted by atomic mass is 35.5. The molecular formula is C12H6Cl2N2. The number of aromatic nitrogens is 2. The molecule has 1 aromatic carbocycles. The van der Waals surface area contributed by atoms with Crippen LogP contribution in [0.5, 0.6) is 0 Å². The van der Waals surface area contributed by atoms with Crippen LogP contribution in [-0.2, 0) is 0 Å². The SMILES string of the molecule is Clc1ccc2ccc3c(Cl)nccc3c2n1. The molecule has 4 heteroatoms. The van der Waals surface area contributed by atoms with Crippen LogP contribution in [0.3, 0.4) is 0 Å². The van der Waals surface area contributed by atoms with E-state index in [-0.39, 0.29) is 0 Å². The summed E-state index contributed by atoms with van der Waals surface area (Å²) in [4.78, 5) is 8.37. The fourth-order valence-corrected chi connectivity index (χ4v) is 2.15. The number of hydrogen-bond donors (Lipinski definition) is 0. The van der Waals surface area contributed by atoms with Gasteiger partial charge in [-0.15, -0.1) is 0 Å². The lowest BCUT2D eigenvalue weighted by molar-refractivity contribution is 1.36. The van der Waals surface area contributed by atoms with Gasteiger partial charge in [0, 0.05) is 22.4 Å². The first-order valence-corrected chi connectivity index (χ1v) is 5.51. The van der Waals surface area contributed by atoms with E-state index in [1.807, 2.05) is 24.3 Å². The molecule has 2 aromatic heterocycles. The highest BCUT2D eigenvalue weighted by Crippen LogP contribution is 2.28. The Balaban J connectivity index is 2.58. The van der Waals surface area contributed by atoms with Crippen LogP contribution < -0.4 is 0 Å². The molecular weight excluding hydrogens is 243 g/mol. The van der Waals surface area contributed by atoms with Gasteiger partial charge in [-0.3, -0.25) is 0 Å². The van der Waals surface area contributed by atoms with E-state index in [1.165, 1.54) is 0 Å². The molecule has 0 saturated carbocycles. The quantitative estimate of drug-likeness (QED) is 0.443. The first kappa shape index (κ1) is 9.82. The summed E-state index contributed by atoms with van der Waals surface area (Å²) in [6.45, 7) is 0. The Morgan fingerprint density at radius 2 is 1.69 bits per heavy atom. The van der Waals surface area contributed by atoms with Gasteiger partial charge in [0.1, 0.15) is 10.3 Å². The molecule has 0 saturated heterocycles. The van der Waals surface area contributed by atoms with E-state index >= 15 is 0 Å². The molecule has 0 fully saturated rings. The van der Waals surface area contributed by atoms with Crippen LogP contribution in [0.4, 0.5) is 0 Å². The predicted molar refractivity (Wildman–Crippen MR) is 67.1 cm³/mol. The summed E-state index contributed by atoms with van der Waals surface area (Å²) in [7, 11) is 0. The third-order valence-electron chi connectivity index (χ3n) is 2.52. The van der Waals surface area contributed by atoms with E-state index in [1.54, 1.807) is 12.3 Å². The molecule has 3 aromatic rings. The lowest BCUT2D eigenvalue weighted by Gasteiger charge is -2.03. The first-order valence-electron chi connectivity index (χ1n) is 4.75. The maximum atomic E-state index is 6.03. The number of halogens is 2. The summed E-state index contributed by atoms with van der Waals surface area (Å²) in [5.41, 5.74) is 0.856. The smallest absolute Gasteiger partial charge is 0.136 e. The molecule has 0 N–H and O–H groups in total. The van der Waals surface area contributed by atoms with Crippen LogP contribution in [0.1, 0.15) is 0 Å². The van der Waals surface area contributed by atoms with E-state index in [4.69, 9.17) is 23.2 Å². The minimum atomic E-state index is 0.480. The fourth-order valence-electron chi connectivity index (χ4n) is 1.78. The number of nitrogens with zero attached hydrogens (tertiary/aromatic N) is 2. The topological polar surface area (TPSA) is 25.8 Å². The van der Waals surface area contributed by atoms with Crippen molar-refractivity contribution in [2.45, 2.75) is 0 Å². The van der Waals surface area contributed by atoms with Gasteiger partial charge in [-0.1, -0.05) is 35.3 Å². The summed E-state index contributed by atoms with van der Waals surface area (Å²) >= 11 is 11.9. The second-order valence-corrected chi connectivity index (χ2v) is 4.21. The summed E-state index contributed by atoms with van der Waals surface area (Å²) < 4.78 is 0. The van der Waals surface area contributed by atoms with Gasteiger partial charge in [-0.25, -0.2) is 9.97 Å². The van der Waals surface area contributed by atoms with E-state index in [0.717, 1.165) is 21.7 Å². The summed E-state index contributed by atoms with van der Waals surface area (Å²) in [5.74, 6) is 0. The summed E-state index contributed by atoms with van der Waals surface area (Å²) in [6, 6.07) is 9.53. The maximum absolute atomic E-state index is 6.03. The number of pyridine rings is 2. The van der Waals surface area contributed by atoms with Crippen molar-refractivity contribution in [3.05, 3.63) is 46.8 Å². The molecule has 0 amide bonds. The van der Waals surface area contributed by atoms with Crippen molar-refractivity contribution in [3.8, 4) is 0 Å². The average molecular weight is 249 g/mol. The van der Waals surface area contributed by atoms with Crippen molar-refractivity contribution >= 4 is 44.9 Å². The Morgan fingerprint density at radius 3 is 2.56 bits per heavy atom. The van der Waals surface area contributed by atoms with Gasteiger partial charge in [0.25, 0.3) is 0 Å². The number of rotatable bonds is 0. The van der Waals surface area contributed by atoms with Crippen LogP contribution in [0.15, 0.2) is 36.5 Å². The maximum Gasteiger partial charge on any atom is 0.136 e. The molecule has 0 atom stereocenters. The lowest BCUT2D eigenvalue weighted by atomic mass is 10.1. The van der Waals surface area contributed by atoms with Crippen LogP contribution in [0.25, 0.3) is 21.7 Å². The normalized spacial score (nSPS) is 11.1. The number of fused-ring (bicyclic) bond motifs is 3. The van der Waals surface area contributed by atoms with E-state index < -0.39 is 0 Å². The van der Waals surface area contributed by atoms with Crippen molar-refractivity contribution in [2.75, 3.05) is 0 Å². The number of hydrogen-bond acceptors (Lipinski definition) is 2. The minimum absolute atomic E-state index is 0.480. The predicted octanol–water partition coefficient (Wildman–Crippen LogP) is 4.09. The molecule has 2 heterocycles. The van der Waals surface area contributed by atoms with Gasteiger partial charge in [0.15, 0.2) is 0 Å². The second-order valence-electron chi connectivity index (χ2n) is 3.47. The van der Waals surface area contributed by atoms with Gasteiger partial charge in [-0.05, 0) is 18.2 Å². The number of benzene rings is 1. The third-order valence-corrected chi connectivity index (χ3v) is 3.03. The van der Waals surface area contributed by atoms with Crippen molar-refractivity contribution in [3.63, 3.8) is 0 Å². The largest absolute Gasteiger partial charge is 0.244 e. The standard InChI is InChI=1S/C12H6Cl2N2/c13-10-4-2-7-1-3-9-8(11(7)16-10)5-6-15-12(9)14/h1-6H. The average Bonchev–Trinajstić information content (AvgIpc) is 2.29. The molecule has 0 bridgehead atoms. The first-order chi connectivity index (χ1) is 7.75. The minimum Gasteiger partial charge on any atom is -0.244 e. The molecule has 3 rings (SSSR count). The third kappa shape index (κ3) is 1.42. The molecule has 2 nitrogen and oxygen atoms in total. The summed E-state index contributed by atoms with van der Waals surface area (Å²) in [6.07, 6.45) is 1.67. The van der Waals surface area contributed by atoms with Crippen LogP contribution >= 0.6 is 23.2 Å². The molecule has 0 spiro atoms. The van der Waals surface area contributed by atoms with Crippen molar-refractivity contribution in [2.24, 2.45) is 0 Å². The van der Waals surface area contributed by atoms with Gasteiger partial charge in [0.2, 0.25) is 0 Å². The van der Waals surface area contributed by atoms with Gasteiger partial charge in [-0.2, -0.15) is 0 Å². The fraction of sp³-hybridized carbons (Fsp3) is 0. The molecule has 78 valence electrons. The van der Waals surface area contributed by atoms with E-state index in [9.17, 15) is 0 Å². The van der Waals surface area contributed by atoms with Crippen LogP contribution in [0.2, 0.25) is 10.3 Å². The second kappa shape index (κ2) is 3.58. The zero-order valence-corrected chi connectivity index (χ0v) is 9.63. The molecule has 0 aliphatic heterocycles. The highest BCUT2D eigenvalue weighted by molar-refractivity contribution is 6.35. The van der Waals surface area contributed by atoms with E-state index in [2.05, 4.69) is 9.97 Å². The lowest BCUT2D eigenvalue weighted by Crippen LogP contribution is -1.84. The van der Waals surface area contributed by atoms with E-state index in [0.29, 0.717) is 10.3 Å². The van der Waals surface area contributed by atoms with Crippen LogP contribution in [0, 0.1) is 0 Å². The molecule has 0 radical (unpaired) electrons. The Bertz CT molecular complexity index is 695. The zero-order chi connectivity index (χ0) is 11.1. The van der Waals surface area contributed by atoms with Gasteiger partial charge in [0.05, 0.1) is 5.52 Å². The van der Waals surface area contributed by atoms with Gasteiger partial charge < -0.3 is 0 Å². The van der Waals surface area contributed by atoms with Crippen LogP contribution in [-0.4, -0.2) is 9.97 Å². The van der Waals surface area contributed by atoms with Crippen molar-refractivity contribution in [1.29, 1.82) is 0 Å². The Morgan fingerprint density at radius 1 is 0.875 bits per heavy atom. The van der Waals surface area contributed by atoms with Crippen molar-refractivity contribution < 1.29 is 0 Å².